The van der Waals surface area contributed by atoms with Crippen LogP contribution < -0.4 is 16.4 Å². The Balaban J connectivity index is 2.77. The van der Waals surface area contributed by atoms with Crippen molar-refractivity contribution in [1.82, 2.24) is 10.2 Å². The van der Waals surface area contributed by atoms with Gasteiger partial charge in [-0.05, 0) is 25.1 Å². The lowest BCUT2D eigenvalue weighted by atomic mass is 10.1. The SMILES string of the molecule is CCN(C)C(=O)CNc1cc(C(=O)NC)ccc1N. The lowest BCUT2D eigenvalue weighted by Crippen LogP contribution is -2.32. The molecule has 19 heavy (non-hydrogen) atoms. The molecule has 0 unspecified atom stereocenters. The van der Waals surface area contributed by atoms with Crippen molar-refractivity contribution in [3.63, 3.8) is 0 Å². The fourth-order valence-electron chi connectivity index (χ4n) is 1.48. The smallest absolute Gasteiger partial charge is 0.251 e. The molecule has 0 spiro atoms. The predicted octanol–water partition coefficient (Wildman–Crippen LogP) is 0.519. The second kappa shape index (κ2) is 6.63. The Morgan fingerprint density at radius 2 is 2.05 bits per heavy atom. The zero-order chi connectivity index (χ0) is 14.4. The van der Waals surface area contributed by atoms with Crippen molar-refractivity contribution < 1.29 is 9.59 Å². The van der Waals surface area contributed by atoms with Crippen LogP contribution in [0.25, 0.3) is 0 Å². The molecular formula is C13H20N4O2. The van der Waals surface area contributed by atoms with Crippen LogP contribution in [0.15, 0.2) is 18.2 Å². The molecule has 1 rings (SSSR count). The molecule has 104 valence electrons. The molecular weight excluding hydrogens is 244 g/mol. The van der Waals surface area contributed by atoms with Crippen LogP contribution in [0.2, 0.25) is 0 Å². The number of likely N-dealkylation sites (N-methyl/N-ethyl adjacent to an activating group) is 1. The van der Waals surface area contributed by atoms with Crippen LogP contribution in [-0.4, -0.2) is 43.9 Å². The molecule has 0 aromatic heterocycles. The molecule has 0 aliphatic carbocycles. The van der Waals surface area contributed by atoms with Crippen molar-refractivity contribution in [2.24, 2.45) is 0 Å². The number of nitrogen functional groups attached to an aromatic ring is 1. The van der Waals surface area contributed by atoms with E-state index in [1.165, 1.54) is 0 Å². The van der Waals surface area contributed by atoms with E-state index < -0.39 is 0 Å². The topological polar surface area (TPSA) is 87.5 Å². The molecule has 0 aliphatic heterocycles. The zero-order valence-electron chi connectivity index (χ0n) is 11.5. The van der Waals surface area contributed by atoms with Gasteiger partial charge in [-0.1, -0.05) is 0 Å². The fraction of sp³-hybridized carbons (Fsp3) is 0.385. The summed E-state index contributed by atoms with van der Waals surface area (Å²) in [5.74, 6) is -0.229. The molecule has 0 fully saturated rings. The van der Waals surface area contributed by atoms with Crippen LogP contribution in [0.5, 0.6) is 0 Å². The predicted molar refractivity (Wildman–Crippen MR) is 76.0 cm³/mol. The summed E-state index contributed by atoms with van der Waals surface area (Å²) in [4.78, 5) is 24.8. The van der Waals surface area contributed by atoms with Crippen LogP contribution >= 0.6 is 0 Å². The molecule has 0 aliphatic rings. The van der Waals surface area contributed by atoms with Gasteiger partial charge >= 0.3 is 0 Å². The fourth-order valence-corrected chi connectivity index (χ4v) is 1.48. The molecule has 2 amide bonds. The second-order valence-electron chi connectivity index (χ2n) is 4.14. The van der Waals surface area contributed by atoms with Crippen LogP contribution in [0, 0.1) is 0 Å². The van der Waals surface area contributed by atoms with Gasteiger partial charge in [0.15, 0.2) is 0 Å². The zero-order valence-corrected chi connectivity index (χ0v) is 11.5. The summed E-state index contributed by atoms with van der Waals surface area (Å²) in [5, 5.41) is 5.49. The van der Waals surface area contributed by atoms with Crippen LogP contribution in [-0.2, 0) is 4.79 Å². The molecule has 1 aromatic rings. The van der Waals surface area contributed by atoms with Crippen molar-refractivity contribution >= 4 is 23.2 Å². The van der Waals surface area contributed by atoms with E-state index in [1.54, 1.807) is 37.2 Å². The molecule has 0 heterocycles. The van der Waals surface area contributed by atoms with E-state index in [0.717, 1.165) is 0 Å². The minimum absolute atomic E-state index is 0.0350. The first kappa shape index (κ1) is 14.8. The minimum atomic E-state index is -0.194. The quantitative estimate of drug-likeness (QED) is 0.677. The third-order valence-corrected chi connectivity index (χ3v) is 2.87. The number of carbonyl (C=O) groups is 2. The van der Waals surface area contributed by atoms with Gasteiger partial charge in [0.25, 0.3) is 5.91 Å². The molecule has 0 saturated heterocycles. The highest BCUT2D eigenvalue weighted by Crippen LogP contribution is 2.19. The first-order chi connectivity index (χ1) is 8.99. The van der Waals surface area contributed by atoms with E-state index >= 15 is 0 Å². The summed E-state index contributed by atoms with van der Waals surface area (Å²) in [7, 11) is 3.29. The minimum Gasteiger partial charge on any atom is -0.397 e. The summed E-state index contributed by atoms with van der Waals surface area (Å²) < 4.78 is 0. The third-order valence-electron chi connectivity index (χ3n) is 2.87. The average molecular weight is 264 g/mol. The van der Waals surface area contributed by atoms with Gasteiger partial charge in [0.1, 0.15) is 0 Å². The molecule has 6 heteroatoms. The number of nitrogens with one attached hydrogen (secondary N) is 2. The highest BCUT2D eigenvalue weighted by Gasteiger charge is 2.09. The van der Waals surface area contributed by atoms with E-state index in [-0.39, 0.29) is 18.4 Å². The number of anilines is 2. The van der Waals surface area contributed by atoms with Crippen LogP contribution in [0.4, 0.5) is 11.4 Å². The average Bonchev–Trinajstić information content (AvgIpc) is 2.44. The standard InChI is InChI=1S/C13H20N4O2/c1-4-17(3)12(18)8-16-11-7-9(13(19)15-2)5-6-10(11)14/h5-7,16H,4,8,14H2,1-3H3,(H,15,19). The van der Waals surface area contributed by atoms with E-state index in [2.05, 4.69) is 10.6 Å². The number of hydrogen-bond acceptors (Lipinski definition) is 4. The number of hydrogen-bond donors (Lipinski definition) is 3. The van der Waals surface area contributed by atoms with Crippen molar-refractivity contribution in [2.45, 2.75) is 6.92 Å². The first-order valence-corrected chi connectivity index (χ1v) is 6.09. The summed E-state index contributed by atoms with van der Waals surface area (Å²) >= 11 is 0. The first-order valence-electron chi connectivity index (χ1n) is 6.09. The molecule has 0 saturated carbocycles. The van der Waals surface area contributed by atoms with E-state index in [0.29, 0.717) is 23.5 Å². The van der Waals surface area contributed by atoms with Crippen LogP contribution in [0.3, 0.4) is 0 Å². The summed E-state index contributed by atoms with van der Waals surface area (Å²) in [6.45, 7) is 2.69. The lowest BCUT2D eigenvalue weighted by molar-refractivity contribution is -0.127. The van der Waals surface area contributed by atoms with Gasteiger partial charge in [-0.15, -0.1) is 0 Å². The molecule has 1 aromatic carbocycles. The van der Waals surface area contributed by atoms with Gasteiger partial charge in [0, 0.05) is 26.2 Å². The molecule has 0 bridgehead atoms. The third kappa shape index (κ3) is 3.87. The summed E-state index contributed by atoms with van der Waals surface area (Å²) in [5.41, 5.74) is 7.38. The Hall–Kier alpha value is -2.24. The number of carbonyl (C=O) groups excluding carboxylic acids is 2. The van der Waals surface area contributed by atoms with Gasteiger partial charge in [-0.3, -0.25) is 9.59 Å². The number of rotatable bonds is 5. The van der Waals surface area contributed by atoms with Gasteiger partial charge in [-0.25, -0.2) is 0 Å². The van der Waals surface area contributed by atoms with Gasteiger partial charge in [0.05, 0.1) is 17.9 Å². The number of nitrogens with two attached hydrogens (primary N) is 1. The normalized spacial score (nSPS) is 9.84. The maximum Gasteiger partial charge on any atom is 0.251 e. The maximum absolute atomic E-state index is 11.7. The van der Waals surface area contributed by atoms with E-state index in [1.807, 2.05) is 6.92 Å². The Morgan fingerprint density at radius 1 is 1.37 bits per heavy atom. The Morgan fingerprint density at radius 3 is 2.63 bits per heavy atom. The number of nitrogens with zero attached hydrogens (tertiary/aromatic N) is 1. The Kier molecular flexibility index (Phi) is 5.17. The van der Waals surface area contributed by atoms with Crippen LogP contribution in [0.1, 0.15) is 17.3 Å². The van der Waals surface area contributed by atoms with Gasteiger partial charge in [-0.2, -0.15) is 0 Å². The van der Waals surface area contributed by atoms with Crippen molar-refractivity contribution in [2.75, 3.05) is 38.2 Å². The Bertz CT molecular complexity index is 474. The molecule has 0 radical (unpaired) electrons. The van der Waals surface area contributed by atoms with Crippen molar-refractivity contribution in [3.8, 4) is 0 Å². The van der Waals surface area contributed by atoms with E-state index in [9.17, 15) is 9.59 Å². The summed E-state index contributed by atoms with van der Waals surface area (Å²) in [6.07, 6.45) is 0. The second-order valence-corrected chi connectivity index (χ2v) is 4.14. The Labute approximate surface area is 113 Å². The number of benzene rings is 1. The largest absolute Gasteiger partial charge is 0.397 e. The monoisotopic (exact) mass is 264 g/mol. The molecule has 0 atom stereocenters. The lowest BCUT2D eigenvalue weighted by Gasteiger charge is -2.16. The van der Waals surface area contributed by atoms with Gasteiger partial charge < -0.3 is 21.3 Å². The number of amides is 2. The van der Waals surface area contributed by atoms with Crippen molar-refractivity contribution in [1.29, 1.82) is 0 Å². The summed E-state index contributed by atoms with van der Waals surface area (Å²) in [6, 6.07) is 4.91. The maximum atomic E-state index is 11.7. The van der Waals surface area contributed by atoms with E-state index in [4.69, 9.17) is 5.73 Å². The highest BCUT2D eigenvalue weighted by atomic mass is 16.2. The molecule has 4 N–H and O–H groups in total. The van der Waals surface area contributed by atoms with Gasteiger partial charge in [0.2, 0.25) is 5.91 Å². The molecule has 6 nitrogen and oxygen atoms in total. The highest BCUT2D eigenvalue weighted by molar-refractivity contribution is 5.96. The van der Waals surface area contributed by atoms with Crippen molar-refractivity contribution in [3.05, 3.63) is 23.8 Å².